The summed E-state index contributed by atoms with van der Waals surface area (Å²) in [6.07, 6.45) is -2.26. The lowest BCUT2D eigenvalue weighted by Crippen LogP contribution is -2.02. The van der Waals surface area contributed by atoms with E-state index in [-0.39, 0.29) is 17.3 Å². The van der Waals surface area contributed by atoms with Crippen LogP contribution >= 0.6 is 34.2 Å². The summed E-state index contributed by atoms with van der Waals surface area (Å²) in [6.45, 7) is 0. The number of rotatable bonds is 3. The van der Waals surface area contributed by atoms with Crippen LogP contribution in [0.2, 0.25) is 0 Å². The summed E-state index contributed by atoms with van der Waals surface area (Å²) in [7, 11) is 0. The van der Waals surface area contributed by atoms with Gasteiger partial charge in [0.25, 0.3) is 6.43 Å². The molecule has 0 atom stereocenters. The van der Waals surface area contributed by atoms with Gasteiger partial charge in [0.2, 0.25) is 0 Å². The number of carbonyl (C=O) groups excluding carboxylic acids is 1. The molecule has 1 heterocycles. The summed E-state index contributed by atoms with van der Waals surface area (Å²) < 4.78 is 25.2. The molecule has 14 heavy (non-hydrogen) atoms. The lowest BCUT2D eigenvalue weighted by Gasteiger charge is -2.07. The fourth-order valence-electron chi connectivity index (χ4n) is 0.929. The maximum atomic E-state index is 12.4. The molecule has 1 rings (SSSR count). The van der Waals surface area contributed by atoms with Crippen molar-refractivity contribution in [3.63, 3.8) is 0 Å². The molecule has 0 fully saturated rings. The largest absolute Gasteiger partial charge is 0.296 e. The Labute approximate surface area is 97.8 Å². The van der Waals surface area contributed by atoms with Crippen molar-refractivity contribution in [1.82, 2.24) is 4.98 Å². The molecule has 0 N–H and O–H groups in total. The number of aromatic nitrogens is 1. The maximum absolute atomic E-state index is 12.4. The average Bonchev–Trinajstić information content (AvgIpc) is 2.17. The van der Waals surface area contributed by atoms with Crippen molar-refractivity contribution >= 4 is 40.5 Å². The molecule has 2 nitrogen and oxygen atoms in total. The number of pyridine rings is 1. The molecule has 0 saturated carbocycles. The van der Waals surface area contributed by atoms with E-state index in [0.29, 0.717) is 15.4 Å². The van der Waals surface area contributed by atoms with Crippen LogP contribution in [0.25, 0.3) is 0 Å². The minimum absolute atomic E-state index is 0.0173. The van der Waals surface area contributed by atoms with Crippen molar-refractivity contribution in [2.24, 2.45) is 0 Å². The molecule has 0 spiro atoms. The Hall–Kier alpha value is -0.300. The second-order valence-corrected chi connectivity index (χ2v) is 3.80. The van der Waals surface area contributed by atoms with E-state index in [2.05, 4.69) is 4.98 Å². The Balaban J connectivity index is 3.34. The van der Waals surface area contributed by atoms with Gasteiger partial charge in [-0.3, -0.25) is 4.79 Å². The third-order valence-corrected chi connectivity index (χ3v) is 3.08. The van der Waals surface area contributed by atoms with E-state index in [1.165, 1.54) is 6.07 Å². The van der Waals surface area contributed by atoms with Crippen molar-refractivity contribution in [3.8, 4) is 0 Å². The van der Waals surface area contributed by atoms with Crippen molar-refractivity contribution in [1.29, 1.82) is 0 Å². The van der Waals surface area contributed by atoms with Gasteiger partial charge in [0.15, 0.2) is 6.29 Å². The second-order valence-electron chi connectivity index (χ2n) is 2.46. The van der Waals surface area contributed by atoms with E-state index in [1.807, 2.05) is 0 Å². The highest BCUT2D eigenvalue weighted by Crippen LogP contribution is 2.26. The van der Waals surface area contributed by atoms with Crippen LogP contribution in [0, 0.1) is 3.57 Å². The quantitative estimate of drug-likeness (QED) is 0.484. The van der Waals surface area contributed by atoms with Gasteiger partial charge in [-0.15, -0.1) is 11.6 Å². The van der Waals surface area contributed by atoms with Crippen LogP contribution < -0.4 is 0 Å². The molecule has 0 bridgehead atoms. The highest BCUT2D eigenvalue weighted by molar-refractivity contribution is 14.1. The zero-order valence-electron chi connectivity index (χ0n) is 6.81. The summed E-state index contributed by atoms with van der Waals surface area (Å²) in [5, 5.41) is 0. The molecule has 76 valence electrons. The van der Waals surface area contributed by atoms with Crippen LogP contribution in [-0.4, -0.2) is 11.3 Å². The zero-order valence-corrected chi connectivity index (χ0v) is 9.72. The van der Waals surface area contributed by atoms with Crippen molar-refractivity contribution in [3.05, 3.63) is 26.6 Å². The van der Waals surface area contributed by atoms with Crippen LogP contribution in [0.15, 0.2) is 6.07 Å². The van der Waals surface area contributed by atoms with Crippen LogP contribution in [-0.2, 0) is 5.88 Å². The van der Waals surface area contributed by atoms with Crippen LogP contribution in [0.4, 0.5) is 8.78 Å². The van der Waals surface area contributed by atoms with Gasteiger partial charge in [-0.2, -0.15) is 0 Å². The summed E-state index contributed by atoms with van der Waals surface area (Å²) in [6, 6.07) is 1.41. The molecule has 1 aromatic rings. The third kappa shape index (κ3) is 2.38. The molecular formula is C8H5ClF2INO. The smallest absolute Gasteiger partial charge is 0.281 e. The predicted molar refractivity (Wildman–Crippen MR) is 56.9 cm³/mol. The Morgan fingerprint density at radius 1 is 1.64 bits per heavy atom. The van der Waals surface area contributed by atoms with Gasteiger partial charge in [0.05, 0.1) is 0 Å². The Kier molecular flexibility index (Phi) is 4.18. The van der Waals surface area contributed by atoms with E-state index < -0.39 is 6.43 Å². The molecule has 0 aliphatic rings. The highest BCUT2D eigenvalue weighted by Gasteiger charge is 2.17. The number of aldehydes is 1. The van der Waals surface area contributed by atoms with Crippen LogP contribution in [0.5, 0.6) is 0 Å². The lowest BCUT2D eigenvalue weighted by atomic mass is 10.2. The summed E-state index contributed by atoms with van der Waals surface area (Å²) in [5.41, 5.74) is 0.0990. The fourth-order valence-corrected chi connectivity index (χ4v) is 2.07. The van der Waals surface area contributed by atoms with E-state index in [1.54, 1.807) is 22.6 Å². The molecule has 0 unspecified atom stereocenters. The van der Waals surface area contributed by atoms with Crippen molar-refractivity contribution < 1.29 is 13.6 Å². The van der Waals surface area contributed by atoms with Gasteiger partial charge in [-0.1, -0.05) is 0 Å². The monoisotopic (exact) mass is 331 g/mol. The van der Waals surface area contributed by atoms with Crippen molar-refractivity contribution in [2.75, 3.05) is 0 Å². The van der Waals surface area contributed by atoms with E-state index >= 15 is 0 Å². The molecule has 0 aromatic carbocycles. The number of hydrogen-bond donors (Lipinski definition) is 0. The van der Waals surface area contributed by atoms with Gasteiger partial charge in [0, 0.05) is 9.45 Å². The van der Waals surface area contributed by atoms with Crippen molar-refractivity contribution in [2.45, 2.75) is 12.3 Å². The van der Waals surface area contributed by atoms with Gasteiger partial charge >= 0.3 is 0 Å². The average molecular weight is 331 g/mol. The minimum atomic E-state index is -2.69. The summed E-state index contributed by atoms with van der Waals surface area (Å²) in [4.78, 5) is 13.9. The normalized spacial score (nSPS) is 10.6. The van der Waals surface area contributed by atoms with E-state index in [9.17, 15) is 13.6 Å². The third-order valence-electron chi connectivity index (χ3n) is 1.55. The summed E-state index contributed by atoms with van der Waals surface area (Å²) in [5.74, 6) is 0.0847. The molecule has 0 amide bonds. The highest BCUT2D eigenvalue weighted by atomic mass is 127. The first kappa shape index (κ1) is 11.8. The number of halogens is 4. The number of carbonyl (C=O) groups is 1. The Morgan fingerprint density at radius 3 is 2.71 bits per heavy atom. The lowest BCUT2D eigenvalue weighted by molar-refractivity contribution is 0.111. The van der Waals surface area contributed by atoms with Crippen LogP contribution in [0.1, 0.15) is 28.2 Å². The van der Waals surface area contributed by atoms with Gasteiger partial charge in [-0.05, 0) is 34.2 Å². The topological polar surface area (TPSA) is 30.0 Å². The maximum Gasteiger partial charge on any atom is 0.281 e. The standard InChI is InChI=1S/C8H5ClF2INO/c9-2-4-1-5(3-14)13-7(6(4)12)8(10)11/h1,3,8H,2H2. The Bertz CT molecular complexity index is 359. The van der Waals surface area contributed by atoms with E-state index in [4.69, 9.17) is 11.6 Å². The van der Waals surface area contributed by atoms with E-state index in [0.717, 1.165) is 0 Å². The molecule has 0 radical (unpaired) electrons. The second kappa shape index (κ2) is 4.97. The summed E-state index contributed by atoms with van der Waals surface area (Å²) >= 11 is 7.29. The molecule has 0 aliphatic heterocycles. The van der Waals surface area contributed by atoms with Gasteiger partial charge in [0.1, 0.15) is 11.4 Å². The molecule has 0 saturated heterocycles. The molecule has 0 aliphatic carbocycles. The molecule has 1 aromatic heterocycles. The predicted octanol–water partition coefficient (Wildman–Crippen LogP) is 3.18. The zero-order chi connectivity index (χ0) is 10.7. The first-order valence-corrected chi connectivity index (χ1v) is 5.20. The first-order valence-electron chi connectivity index (χ1n) is 3.58. The number of nitrogens with zero attached hydrogens (tertiary/aromatic N) is 1. The molecule has 6 heteroatoms. The fraction of sp³-hybridized carbons (Fsp3) is 0.250. The minimum Gasteiger partial charge on any atom is -0.296 e. The number of hydrogen-bond acceptors (Lipinski definition) is 2. The van der Waals surface area contributed by atoms with Gasteiger partial charge in [-0.25, -0.2) is 13.8 Å². The Morgan fingerprint density at radius 2 is 2.29 bits per heavy atom. The first-order chi connectivity index (χ1) is 6.60. The van der Waals surface area contributed by atoms with Crippen LogP contribution in [0.3, 0.4) is 0 Å². The number of alkyl halides is 3. The SMILES string of the molecule is O=Cc1cc(CCl)c(I)c(C(F)F)n1. The molecular weight excluding hydrogens is 326 g/mol. The van der Waals surface area contributed by atoms with Gasteiger partial charge < -0.3 is 0 Å².